The van der Waals surface area contributed by atoms with E-state index in [1.54, 1.807) is 48.9 Å². The van der Waals surface area contributed by atoms with Gasteiger partial charge in [0.25, 0.3) is 5.91 Å². The lowest BCUT2D eigenvalue weighted by Crippen LogP contribution is -2.24. The largest absolute Gasteiger partial charge is 0.417 e. The average molecular weight is 561 g/mol. The van der Waals surface area contributed by atoms with Crippen LogP contribution in [0.15, 0.2) is 73.2 Å². The van der Waals surface area contributed by atoms with Gasteiger partial charge in [-0.2, -0.15) is 13.2 Å². The predicted octanol–water partition coefficient (Wildman–Crippen LogP) is 7.06. The number of hydrogen-bond donors (Lipinski definition) is 2. The fourth-order valence-electron chi connectivity index (χ4n) is 5.10. The molecule has 2 aromatic heterocycles. The van der Waals surface area contributed by atoms with E-state index < -0.39 is 23.2 Å². The van der Waals surface area contributed by atoms with Gasteiger partial charge in [-0.15, -0.1) is 0 Å². The minimum atomic E-state index is -4.67. The molecule has 1 fully saturated rings. The maximum Gasteiger partial charge on any atom is 0.417 e. The molecule has 1 saturated heterocycles. The number of alkyl halides is 3. The van der Waals surface area contributed by atoms with Crippen LogP contribution in [-0.4, -0.2) is 45.9 Å². The third-order valence-electron chi connectivity index (χ3n) is 7.29. The third-order valence-corrected chi connectivity index (χ3v) is 7.29. The standard InChI is InChI=1S/C31H31F3N6O/c1-20-8-10-24(17-28(20)39-30-36-14-12-27(38-30)22-7-5-13-35-18-22)37-29(41)25-11-9-21(16-26(25)31(32,33)34)23-6-3-4-15-40(2)19-23/h5,7-14,16-18,23H,3-4,6,15,19H2,1-2H3,(H,37,41)(H,36,38,39). The summed E-state index contributed by atoms with van der Waals surface area (Å²) >= 11 is 0. The number of hydrogen-bond acceptors (Lipinski definition) is 6. The molecule has 212 valence electrons. The molecule has 1 amide bonds. The Morgan fingerprint density at radius 2 is 1.90 bits per heavy atom. The van der Waals surface area contributed by atoms with Crippen LogP contribution in [0.1, 0.15) is 52.2 Å². The maximum atomic E-state index is 14.1. The van der Waals surface area contributed by atoms with Crippen LogP contribution in [0.4, 0.5) is 30.5 Å². The average Bonchev–Trinajstić information content (AvgIpc) is 3.19. The van der Waals surface area contributed by atoms with E-state index in [1.165, 1.54) is 6.07 Å². The first-order chi connectivity index (χ1) is 19.7. The molecule has 1 aliphatic heterocycles. The number of anilines is 3. The molecule has 0 radical (unpaired) electrons. The topological polar surface area (TPSA) is 83.0 Å². The molecule has 2 aromatic carbocycles. The number of amides is 1. The summed E-state index contributed by atoms with van der Waals surface area (Å²) in [4.78, 5) is 28.2. The second-order valence-corrected chi connectivity index (χ2v) is 10.4. The number of pyridine rings is 1. The summed E-state index contributed by atoms with van der Waals surface area (Å²) < 4.78 is 42.4. The molecule has 10 heteroatoms. The number of carbonyl (C=O) groups excluding carboxylic acids is 1. The van der Waals surface area contributed by atoms with Gasteiger partial charge in [-0.25, -0.2) is 9.97 Å². The summed E-state index contributed by atoms with van der Waals surface area (Å²) in [6, 6.07) is 14.6. The maximum absolute atomic E-state index is 14.1. The molecule has 0 spiro atoms. The van der Waals surface area contributed by atoms with Crippen LogP contribution in [0.5, 0.6) is 0 Å². The van der Waals surface area contributed by atoms with Gasteiger partial charge in [0, 0.05) is 42.1 Å². The van der Waals surface area contributed by atoms with Crippen molar-refractivity contribution in [1.29, 1.82) is 0 Å². The molecule has 41 heavy (non-hydrogen) atoms. The van der Waals surface area contributed by atoms with Crippen LogP contribution in [0.2, 0.25) is 0 Å². The Morgan fingerprint density at radius 1 is 1.05 bits per heavy atom. The molecule has 0 aliphatic carbocycles. The Labute approximate surface area is 236 Å². The number of nitrogens with one attached hydrogen (secondary N) is 2. The summed E-state index contributed by atoms with van der Waals surface area (Å²) in [5.74, 6) is -0.506. The van der Waals surface area contributed by atoms with Crippen LogP contribution < -0.4 is 10.6 Å². The van der Waals surface area contributed by atoms with E-state index in [4.69, 9.17) is 0 Å². The number of halogens is 3. The Hall–Kier alpha value is -4.31. The highest BCUT2D eigenvalue weighted by Crippen LogP contribution is 2.36. The van der Waals surface area contributed by atoms with E-state index in [0.717, 1.165) is 43.0 Å². The first-order valence-corrected chi connectivity index (χ1v) is 13.5. The monoisotopic (exact) mass is 560 g/mol. The highest BCUT2D eigenvalue weighted by Gasteiger charge is 2.36. The smallest absolute Gasteiger partial charge is 0.324 e. The van der Waals surface area contributed by atoms with Gasteiger partial charge < -0.3 is 15.5 Å². The van der Waals surface area contributed by atoms with Crippen molar-refractivity contribution in [1.82, 2.24) is 19.9 Å². The van der Waals surface area contributed by atoms with Crippen molar-refractivity contribution in [2.24, 2.45) is 0 Å². The van der Waals surface area contributed by atoms with Gasteiger partial charge in [-0.3, -0.25) is 9.78 Å². The number of likely N-dealkylation sites (tertiary alicyclic amines) is 1. The SMILES string of the molecule is Cc1ccc(NC(=O)c2ccc(C3CCCCN(C)C3)cc2C(F)(F)F)cc1Nc1nccc(-c2cccnc2)n1. The summed E-state index contributed by atoms with van der Waals surface area (Å²) in [7, 11) is 1.99. The zero-order chi connectivity index (χ0) is 29.0. The molecule has 1 atom stereocenters. The quantitative estimate of drug-likeness (QED) is 0.263. The lowest BCUT2D eigenvalue weighted by molar-refractivity contribution is -0.138. The van der Waals surface area contributed by atoms with Gasteiger partial charge in [0.15, 0.2) is 0 Å². The number of rotatable bonds is 6. The van der Waals surface area contributed by atoms with E-state index in [2.05, 4.69) is 30.5 Å². The molecule has 4 aromatic rings. The fourth-order valence-corrected chi connectivity index (χ4v) is 5.10. The molecule has 7 nitrogen and oxygen atoms in total. The van der Waals surface area contributed by atoms with Crippen molar-refractivity contribution in [2.45, 2.75) is 38.3 Å². The lowest BCUT2D eigenvalue weighted by Gasteiger charge is -2.22. The second-order valence-electron chi connectivity index (χ2n) is 10.4. The van der Waals surface area contributed by atoms with Crippen LogP contribution in [0.3, 0.4) is 0 Å². The van der Waals surface area contributed by atoms with Crippen LogP contribution in [-0.2, 0) is 6.18 Å². The summed E-state index contributed by atoms with van der Waals surface area (Å²) in [5, 5.41) is 5.79. The predicted molar refractivity (Wildman–Crippen MR) is 153 cm³/mol. The van der Waals surface area contributed by atoms with Gasteiger partial charge in [0.1, 0.15) is 0 Å². The summed E-state index contributed by atoms with van der Waals surface area (Å²) in [6.07, 6.45) is 3.13. The Bertz CT molecular complexity index is 1530. The highest BCUT2D eigenvalue weighted by atomic mass is 19.4. The zero-order valence-corrected chi connectivity index (χ0v) is 22.9. The molecule has 2 N–H and O–H groups in total. The zero-order valence-electron chi connectivity index (χ0n) is 22.9. The van der Waals surface area contributed by atoms with Crippen LogP contribution in [0.25, 0.3) is 11.3 Å². The van der Waals surface area contributed by atoms with Crippen molar-refractivity contribution in [3.63, 3.8) is 0 Å². The molecular weight excluding hydrogens is 529 g/mol. The first kappa shape index (κ1) is 28.2. The van der Waals surface area contributed by atoms with Crippen molar-refractivity contribution in [2.75, 3.05) is 30.8 Å². The van der Waals surface area contributed by atoms with Crippen molar-refractivity contribution in [3.8, 4) is 11.3 Å². The van der Waals surface area contributed by atoms with Gasteiger partial charge >= 0.3 is 6.18 Å². The molecule has 1 unspecified atom stereocenters. The number of likely N-dealkylation sites (N-methyl/N-ethyl adjacent to an activating group) is 1. The Balaban J connectivity index is 1.37. The molecule has 1 aliphatic rings. The lowest BCUT2D eigenvalue weighted by atomic mass is 9.91. The van der Waals surface area contributed by atoms with Gasteiger partial charge in [-0.05, 0) is 92.9 Å². The first-order valence-electron chi connectivity index (χ1n) is 13.5. The minimum Gasteiger partial charge on any atom is -0.324 e. The van der Waals surface area contributed by atoms with E-state index >= 15 is 0 Å². The molecule has 0 saturated carbocycles. The summed E-state index contributed by atoms with van der Waals surface area (Å²) in [6.45, 7) is 3.49. The van der Waals surface area contributed by atoms with Gasteiger partial charge in [-0.1, -0.05) is 18.6 Å². The van der Waals surface area contributed by atoms with Gasteiger partial charge in [0.2, 0.25) is 5.95 Å². The number of carbonyl (C=O) groups is 1. The summed E-state index contributed by atoms with van der Waals surface area (Å²) in [5.41, 5.74) is 2.56. The van der Waals surface area contributed by atoms with E-state index in [1.807, 2.05) is 26.1 Å². The van der Waals surface area contributed by atoms with E-state index in [9.17, 15) is 18.0 Å². The van der Waals surface area contributed by atoms with Crippen molar-refractivity contribution >= 4 is 23.2 Å². The number of benzene rings is 2. The molecule has 3 heterocycles. The number of aryl methyl sites for hydroxylation is 1. The Morgan fingerprint density at radius 3 is 2.68 bits per heavy atom. The van der Waals surface area contributed by atoms with E-state index in [-0.39, 0.29) is 5.92 Å². The van der Waals surface area contributed by atoms with Crippen LogP contribution in [0, 0.1) is 6.92 Å². The fraction of sp³-hybridized carbons (Fsp3) is 0.290. The number of aromatic nitrogens is 3. The van der Waals surface area contributed by atoms with Crippen molar-refractivity contribution in [3.05, 3.63) is 95.4 Å². The van der Waals surface area contributed by atoms with Crippen LogP contribution >= 0.6 is 0 Å². The minimum absolute atomic E-state index is 0.00897. The normalized spacial score (nSPS) is 16.2. The Kier molecular flexibility index (Phi) is 8.30. The third kappa shape index (κ3) is 6.89. The van der Waals surface area contributed by atoms with Crippen molar-refractivity contribution < 1.29 is 18.0 Å². The molecule has 0 bridgehead atoms. The number of nitrogens with zero attached hydrogens (tertiary/aromatic N) is 4. The highest BCUT2D eigenvalue weighted by molar-refractivity contribution is 6.05. The molecule has 5 rings (SSSR count). The second kappa shape index (κ2) is 12.1. The molecular formula is C31H31F3N6O. The van der Waals surface area contributed by atoms with E-state index in [0.29, 0.717) is 35.1 Å². The van der Waals surface area contributed by atoms with Gasteiger partial charge in [0.05, 0.1) is 16.8 Å².